The van der Waals surface area contributed by atoms with Gasteiger partial charge in [-0.05, 0) is 79.7 Å². The summed E-state index contributed by atoms with van der Waals surface area (Å²) in [5.74, 6) is 0. The van der Waals surface area contributed by atoms with Crippen LogP contribution in [-0.4, -0.2) is 9.13 Å². The van der Waals surface area contributed by atoms with E-state index < -0.39 is 0 Å². The van der Waals surface area contributed by atoms with Gasteiger partial charge in [0.2, 0.25) is 0 Å². The van der Waals surface area contributed by atoms with Gasteiger partial charge >= 0.3 is 0 Å². The number of nitrogens with zero attached hydrogens (tertiary/aromatic N) is 2. The van der Waals surface area contributed by atoms with Crippen molar-refractivity contribution in [3.63, 3.8) is 0 Å². The van der Waals surface area contributed by atoms with E-state index in [1.54, 1.807) is 0 Å². The number of para-hydroxylation sites is 2. The summed E-state index contributed by atoms with van der Waals surface area (Å²) >= 11 is 0. The lowest BCUT2D eigenvalue weighted by Crippen LogP contribution is -1.98. The highest BCUT2D eigenvalue weighted by atomic mass is 15.0. The first-order valence-electron chi connectivity index (χ1n) is 18.6. The van der Waals surface area contributed by atoms with Gasteiger partial charge in [0, 0.05) is 39.3 Å². The average molecular weight is 687 g/mol. The molecule has 252 valence electrons. The standard InChI is InChI=1S/C52H34N2/c1-4-17-35(18-5-1)47-34-53(38-22-8-3-9-23-38)51-46(47)32-31-45-40-25-14-15-30-48(40)54(52(45)51)39-24-16-21-37(33-39)50-43-28-12-10-26-41(43)49(36-19-6-2-7-20-36)42-27-11-13-29-44(42)50/h1-34H. The molecular formula is C52H34N2. The van der Waals surface area contributed by atoms with Gasteiger partial charge in [-0.1, -0.05) is 170 Å². The Bertz CT molecular complexity index is 3130. The molecule has 54 heavy (non-hydrogen) atoms. The molecular weight excluding hydrogens is 653 g/mol. The molecule has 0 saturated carbocycles. The maximum Gasteiger partial charge on any atom is 0.0788 e. The molecule has 2 aromatic heterocycles. The lowest BCUT2D eigenvalue weighted by atomic mass is 9.86. The molecule has 0 radical (unpaired) electrons. The zero-order valence-electron chi connectivity index (χ0n) is 29.5. The van der Waals surface area contributed by atoms with Crippen LogP contribution in [0.25, 0.3) is 99.0 Å². The smallest absolute Gasteiger partial charge is 0.0788 e. The number of rotatable bonds is 5. The van der Waals surface area contributed by atoms with Gasteiger partial charge in [-0.3, -0.25) is 0 Å². The van der Waals surface area contributed by atoms with Gasteiger partial charge in [0.05, 0.1) is 16.6 Å². The first kappa shape index (κ1) is 30.5. The van der Waals surface area contributed by atoms with Gasteiger partial charge in [0.25, 0.3) is 0 Å². The predicted molar refractivity (Wildman–Crippen MR) is 229 cm³/mol. The topological polar surface area (TPSA) is 9.86 Å². The molecule has 0 unspecified atom stereocenters. The minimum absolute atomic E-state index is 1.13. The second kappa shape index (κ2) is 12.2. The molecule has 0 saturated heterocycles. The minimum atomic E-state index is 1.13. The van der Waals surface area contributed by atoms with Gasteiger partial charge in [-0.2, -0.15) is 0 Å². The highest BCUT2D eigenvalue weighted by Crippen LogP contribution is 2.45. The zero-order valence-corrected chi connectivity index (χ0v) is 29.5. The second-order valence-electron chi connectivity index (χ2n) is 14.1. The summed E-state index contributed by atoms with van der Waals surface area (Å²) in [6, 6.07) is 72.8. The number of aromatic nitrogens is 2. The van der Waals surface area contributed by atoms with Crippen molar-refractivity contribution in [3.8, 4) is 44.8 Å². The molecule has 0 aliphatic carbocycles. The van der Waals surface area contributed by atoms with E-state index in [1.165, 1.54) is 87.6 Å². The van der Waals surface area contributed by atoms with Crippen molar-refractivity contribution in [1.29, 1.82) is 0 Å². The van der Waals surface area contributed by atoms with Crippen molar-refractivity contribution in [3.05, 3.63) is 206 Å². The van der Waals surface area contributed by atoms with Crippen LogP contribution in [0.15, 0.2) is 206 Å². The van der Waals surface area contributed by atoms with Crippen LogP contribution in [0.3, 0.4) is 0 Å². The summed E-state index contributed by atoms with van der Waals surface area (Å²) in [7, 11) is 0. The van der Waals surface area contributed by atoms with Crippen LogP contribution in [0, 0.1) is 0 Å². The SMILES string of the molecule is c1ccc(-c2c3ccccc3c(-c3cccc(-n4c5ccccc5c5ccc6c(-c7ccccc7)cn(-c7ccccc7)c6c54)c3)c3ccccc23)cc1. The minimum Gasteiger partial charge on any atom is -0.314 e. The third-order valence-corrected chi connectivity index (χ3v) is 11.1. The third kappa shape index (κ3) is 4.60. The molecule has 9 aromatic carbocycles. The summed E-state index contributed by atoms with van der Waals surface area (Å²) in [6.07, 6.45) is 2.32. The van der Waals surface area contributed by atoms with Gasteiger partial charge < -0.3 is 9.13 Å². The first-order chi connectivity index (χ1) is 26.8. The van der Waals surface area contributed by atoms with Gasteiger partial charge in [-0.15, -0.1) is 0 Å². The highest BCUT2D eigenvalue weighted by Gasteiger charge is 2.22. The van der Waals surface area contributed by atoms with Crippen LogP contribution in [-0.2, 0) is 0 Å². The van der Waals surface area contributed by atoms with Crippen LogP contribution in [0.4, 0.5) is 0 Å². The fourth-order valence-electron chi connectivity index (χ4n) is 8.83. The van der Waals surface area contributed by atoms with Crippen molar-refractivity contribution < 1.29 is 0 Å². The number of fused-ring (bicyclic) bond motifs is 7. The Morgan fingerprint density at radius 2 is 0.778 bits per heavy atom. The predicted octanol–water partition coefficient (Wildman–Crippen LogP) is 14.0. The lowest BCUT2D eigenvalue weighted by molar-refractivity contribution is 1.12. The number of hydrogen-bond donors (Lipinski definition) is 0. The Hall–Kier alpha value is -7.16. The molecule has 2 heterocycles. The summed E-state index contributed by atoms with van der Waals surface area (Å²) in [4.78, 5) is 0. The molecule has 0 atom stereocenters. The van der Waals surface area contributed by atoms with Crippen LogP contribution < -0.4 is 0 Å². The van der Waals surface area contributed by atoms with E-state index in [2.05, 4.69) is 216 Å². The fourth-order valence-corrected chi connectivity index (χ4v) is 8.83. The first-order valence-corrected chi connectivity index (χ1v) is 18.6. The Labute approximate surface area is 313 Å². The third-order valence-electron chi connectivity index (χ3n) is 11.1. The van der Waals surface area contributed by atoms with Gasteiger partial charge in [0.15, 0.2) is 0 Å². The second-order valence-corrected chi connectivity index (χ2v) is 14.1. The largest absolute Gasteiger partial charge is 0.314 e. The van der Waals surface area contributed by atoms with E-state index in [4.69, 9.17) is 0 Å². The van der Waals surface area contributed by atoms with E-state index in [-0.39, 0.29) is 0 Å². The van der Waals surface area contributed by atoms with Crippen molar-refractivity contribution in [2.45, 2.75) is 0 Å². The van der Waals surface area contributed by atoms with E-state index in [1.807, 2.05) is 0 Å². The number of hydrogen-bond acceptors (Lipinski definition) is 0. The van der Waals surface area contributed by atoms with Crippen molar-refractivity contribution in [1.82, 2.24) is 9.13 Å². The number of benzene rings is 9. The molecule has 2 nitrogen and oxygen atoms in total. The summed E-state index contributed by atoms with van der Waals surface area (Å²) in [6.45, 7) is 0. The normalized spacial score (nSPS) is 11.7. The molecule has 11 rings (SSSR count). The Kier molecular flexibility index (Phi) is 6.90. The quantitative estimate of drug-likeness (QED) is 0.160. The van der Waals surface area contributed by atoms with Crippen molar-refractivity contribution in [2.75, 3.05) is 0 Å². The molecule has 0 fully saturated rings. The fraction of sp³-hybridized carbons (Fsp3) is 0. The van der Waals surface area contributed by atoms with Crippen LogP contribution in [0.1, 0.15) is 0 Å². The maximum absolute atomic E-state index is 2.49. The van der Waals surface area contributed by atoms with Gasteiger partial charge in [0.1, 0.15) is 0 Å². The Balaban J connectivity index is 1.24. The van der Waals surface area contributed by atoms with E-state index in [0.29, 0.717) is 0 Å². The van der Waals surface area contributed by atoms with E-state index >= 15 is 0 Å². The van der Waals surface area contributed by atoms with E-state index in [0.717, 1.165) is 11.4 Å². The van der Waals surface area contributed by atoms with E-state index in [9.17, 15) is 0 Å². The molecule has 0 aliphatic rings. The Morgan fingerprint density at radius 1 is 0.296 bits per heavy atom. The highest BCUT2D eigenvalue weighted by molar-refractivity contribution is 6.22. The van der Waals surface area contributed by atoms with Crippen LogP contribution in [0.2, 0.25) is 0 Å². The summed E-state index contributed by atoms with van der Waals surface area (Å²) < 4.78 is 4.88. The van der Waals surface area contributed by atoms with Crippen LogP contribution in [0.5, 0.6) is 0 Å². The van der Waals surface area contributed by atoms with Gasteiger partial charge in [-0.25, -0.2) is 0 Å². The average Bonchev–Trinajstić information content (AvgIpc) is 3.80. The zero-order chi connectivity index (χ0) is 35.6. The maximum atomic E-state index is 2.49. The molecule has 0 bridgehead atoms. The van der Waals surface area contributed by atoms with Crippen LogP contribution >= 0.6 is 0 Å². The molecule has 0 N–H and O–H groups in total. The monoisotopic (exact) mass is 686 g/mol. The molecule has 0 amide bonds. The molecule has 0 spiro atoms. The molecule has 2 heteroatoms. The summed E-state index contributed by atoms with van der Waals surface area (Å²) in [5.41, 5.74) is 13.2. The molecule has 11 aromatic rings. The lowest BCUT2D eigenvalue weighted by Gasteiger charge is -2.18. The van der Waals surface area contributed by atoms with Crippen molar-refractivity contribution >= 4 is 54.3 Å². The summed E-state index contributed by atoms with van der Waals surface area (Å²) in [5, 5.41) is 8.73. The van der Waals surface area contributed by atoms with Crippen molar-refractivity contribution in [2.24, 2.45) is 0 Å². The Morgan fingerprint density at radius 3 is 1.43 bits per heavy atom. The molecule has 0 aliphatic heterocycles.